The zero-order chi connectivity index (χ0) is 8.43. The van der Waals surface area contributed by atoms with Crippen molar-refractivity contribution in [3.63, 3.8) is 0 Å². The van der Waals surface area contributed by atoms with E-state index in [-0.39, 0.29) is 5.82 Å². The summed E-state index contributed by atoms with van der Waals surface area (Å²) in [6.07, 6.45) is 0. The van der Waals surface area contributed by atoms with Crippen molar-refractivity contribution in [2.24, 2.45) is 0 Å². The molecule has 0 aliphatic heterocycles. The average Bonchev–Trinajstić information content (AvgIpc) is 1.94. The Morgan fingerprint density at radius 1 is 1.55 bits per heavy atom. The maximum atomic E-state index is 12.6. The molecule has 0 bridgehead atoms. The lowest BCUT2D eigenvalue weighted by Crippen LogP contribution is -2.23. The van der Waals surface area contributed by atoms with Crippen LogP contribution >= 0.6 is 11.6 Å². The fourth-order valence-corrected chi connectivity index (χ4v) is 1.05. The highest BCUT2D eigenvalue weighted by molar-refractivity contribution is 6.44. The maximum Gasteiger partial charge on any atom is 0.123 e. The Morgan fingerprint density at radius 2 is 2.18 bits per heavy atom. The molecule has 11 heavy (non-hydrogen) atoms. The summed E-state index contributed by atoms with van der Waals surface area (Å²) in [6, 6.07) is 4.35. The van der Waals surface area contributed by atoms with Crippen molar-refractivity contribution in [1.82, 2.24) is 0 Å². The van der Waals surface area contributed by atoms with Crippen molar-refractivity contribution in [2.45, 2.75) is 6.92 Å². The van der Waals surface area contributed by atoms with Crippen molar-refractivity contribution >= 4 is 23.2 Å². The van der Waals surface area contributed by atoms with Gasteiger partial charge in [-0.1, -0.05) is 24.2 Å². The number of rotatable bonds is 0. The summed E-state index contributed by atoms with van der Waals surface area (Å²) < 4.78 is 12.6. The van der Waals surface area contributed by atoms with E-state index in [1.165, 1.54) is 12.1 Å². The van der Waals surface area contributed by atoms with Gasteiger partial charge in [0.15, 0.2) is 0 Å². The fraction of sp³-hybridized carbons (Fsp3) is 0.111. The molecule has 0 radical (unpaired) electrons. The van der Waals surface area contributed by atoms with E-state index in [0.717, 1.165) is 5.22 Å². The van der Waals surface area contributed by atoms with Gasteiger partial charge < -0.3 is 0 Å². The van der Waals surface area contributed by atoms with Gasteiger partial charge in [-0.2, -0.15) is 0 Å². The summed E-state index contributed by atoms with van der Waals surface area (Å²) in [6.45, 7) is 5.42. The third-order valence-corrected chi connectivity index (χ3v) is 1.65. The van der Waals surface area contributed by atoms with E-state index in [9.17, 15) is 4.39 Å². The third kappa shape index (κ3) is 1.81. The molecule has 0 saturated carbocycles. The van der Waals surface area contributed by atoms with Gasteiger partial charge in [0.2, 0.25) is 0 Å². The Hall–Kier alpha value is -0.820. The molecule has 0 aliphatic carbocycles. The van der Waals surface area contributed by atoms with Crippen LogP contribution in [-0.2, 0) is 0 Å². The lowest BCUT2D eigenvalue weighted by molar-refractivity contribution is 0.626. The molecule has 0 heterocycles. The van der Waals surface area contributed by atoms with Crippen molar-refractivity contribution in [1.29, 1.82) is 0 Å². The summed E-state index contributed by atoms with van der Waals surface area (Å²) >= 11 is 5.69. The molecule has 0 N–H and O–H groups in total. The molecule has 58 valence electrons. The van der Waals surface area contributed by atoms with Crippen molar-refractivity contribution in [2.75, 3.05) is 0 Å². The standard InChI is InChI=1S/C9H8ClF/c1-6-3-4-8(11)5-9(6)7(2)10/h3-5H,1H2,2H3/b9-7+. The molecule has 0 nitrogen and oxygen atoms in total. The van der Waals surface area contributed by atoms with Crippen LogP contribution in [0.5, 0.6) is 0 Å². The van der Waals surface area contributed by atoms with E-state index in [4.69, 9.17) is 11.6 Å². The van der Waals surface area contributed by atoms with Crippen LogP contribution < -0.4 is 10.4 Å². The molecule has 0 spiro atoms. The minimum absolute atomic E-state index is 0.285. The molecule has 2 heteroatoms. The second-order valence-corrected chi connectivity index (χ2v) is 2.90. The number of hydrogen-bond acceptors (Lipinski definition) is 0. The molecule has 1 rings (SSSR count). The van der Waals surface area contributed by atoms with Gasteiger partial charge in [0.1, 0.15) is 5.82 Å². The van der Waals surface area contributed by atoms with Gasteiger partial charge in [0, 0.05) is 5.03 Å². The molecule has 0 unspecified atom stereocenters. The highest BCUT2D eigenvalue weighted by Gasteiger charge is 1.90. The normalized spacial score (nSPS) is 13.0. The van der Waals surface area contributed by atoms with Gasteiger partial charge in [0.25, 0.3) is 0 Å². The summed E-state index contributed by atoms with van der Waals surface area (Å²) in [5, 5.41) is 1.99. The van der Waals surface area contributed by atoms with Crippen LogP contribution in [0.25, 0.3) is 11.6 Å². The average molecular weight is 171 g/mol. The largest absolute Gasteiger partial charge is 0.207 e. The number of benzene rings is 1. The smallest absolute Gasteiger partial charge is 0.123 e. The molecule has 1 aromatic rings. The van der Waals surface area contributed by atoms with Gasteiger partial charge >= 0.3 is 0 Å². The second kappa shape index (κ2) is 3.05. The lowest BCUT2D eigenvalue weighted by atomic mass is 10.2. The summed E-state index contributed by atoms with van der Waals surface area (Å²) in [5.41, 5.74) is 0. The van der Waals surface area contributed by atoms with E-state index in [2.05, 4.69) is 6.58 Å². The van der Waals surface area contributed by atoms with Crippen LogP contribution in [0.15, 0.2) is 18.2 Å². The first-order valence-electron chi connectivity index (χ1n) is 3.22. The van der Waals surface area contributed by atoms with E-state index in [1.54, 1.807) is 13.0 Å². The van der Waals surface area contributed by atoms with E-state index in [1.807, 2.05) is 0 Å². The zero-order valence-electron chi connectivity index (χ0n) is 6.20. The second-order valence-electron chi connectivity index (χ2n) is 2.33. The Bertz CT molecular complexity index is 364. The first kappa shape index (κ1) is 8.28. The minimum Gasteiger partial charge on any atom is -0.207 e. The van der Waals surface area contributed by atoms with Gasteiger partial charge in [-0.3, -0.25) is 0 Å². The molecule has 0 fully saturated rings. The van der Waals surface area contributed by atoms with Crippen LogP contribution in [-0.4, -0.2) is 0 Å². The summed E-state index contributed by atoms with van der Waals surface area (Å²) in [7, 11) is 0. The molecule has 0 aromatic heterocycles. The minimum atomic E-state index is -0.285. The lowest BCUT2D eigenvalue weighted by Gasteiger charge is -1.90. The Kier molecular flexibility index (Phi) is 2.30. The fourth-order valence-electron chi connectivity index (χ4n) is 0.869. The third-order valence-electron chi connectivity index (χ3n) is 1.44. The van der Waals surface area contributed by atoms with Gasteiger partial charge in [-0.25, -0.2) is 4.39 Å². The van der Waals surface area contributed by atoms with Crippen LogP contribution in [0, 0.1) is 5.82 Å². The van der Waals surface area contributed by atoms with Gasteiger partial charge in [-0.15, -0.1) is 0 Å². The Balaban J connectivity index is 3.62. The Labute approximate surface area is 69.6 Å². The Morgan fingerprint density at radius 3 is 2.64 bits per heavy atom. The van der Waals surface area contributed by atoms with Crippen LogP contribution in [0.3, 0.4) is 0 Å². The molecule has 0 atom stereocenters. The highest BCUT2D eigenvalue weighted by atomic mass is 35.5. The monoisotopic (exact) mass is 170 g/mol. The zero-order valence-corrected chi connectivity index (χ0v) is 6.95. The molecule has 0 saturated heterocycles. The van der Waals surface area contributed by atoms with Crippen molar-refractivity contribution in [3.05, 3.63) is 34.5 Å². The molecule has 1 aromatic carbocycles. The predicted molar refractivity (Wildman–Crippen MR) is 46.1 cm³/mol. The summed E-state index contributed by atoms with van der Waals surface area (Å²) in [4.78, 5) is 0. The van der Waals surface area contributed by atoms with Crippen LogP contribution in [0.4, 0.5) is 4.39 Å². The van der Waals surface area contributed by atoms with Crippen molar-refractivity contribution < 1.29 is 4.39 Å². The topological polar surface area (TPSA) is 0 Å². The first-order valence-corrected chi connectivity index (χ1v) is 3.60. The van der Waals surface area contributed by atoms with E-state index < -0.39 is 0 Å². The number of halogens is 2. The quantitative estimate of drug-likeness (QED) is 0.555. The predicted octanol–water partition coefficient (Wildman–Crippen LogP) is 1.60. The maximum absolute atomic E-state index is 12.6. The van der Waals surface area contributed by atoms with Crippen molar-refractivity contribution in [3.8, 4) is 0 Å². The van der Waals surface area contributed by atoms with E-state index in [0.29, 0.717) is 10.3 Å². The van der Waals surface area contributed by atoms with Gasteiger partial charge in [0.05, 0.1) is 0 Å². The highest BCUT2D eigenvalue weighted by Crippen LogP contribution is 1.95. The van der Waals surface area contributed by atoms with Gasteiger partial charge in [-0.05, 0) is 29.5 Å². The van der Waals surface area contributed by atoms with Crippen LogP contribution in [0.2, 0.25) is 0 Å². The molecular weight excluding hydrogens is 163 g/mol. The summed E-state index contributed by atoms with van der Waals surface area (Å²) in [5.74, 6) is -0.285. The van der Waals surface area contributed by atoms with Crippen LogP contribution in [0.1, 0.15) is 6.92 Å². The molecule has 0 amide bonds. The number of hydrogen-bond donors (Lipinski definition) is 0. The van der Waals surface area contributed by atoms with E-state index >= 15 is 0 Å². The molecule has 0 aliphatic rings. The molecular formula is C9H8ClF. The first-order chi connectivity index (χ1) is 5.11. The SMILES string of the molecule is C=c1ccc(F)c/c1=C(/C)Cl.